The van der Waals surface area contributed by atoms with Gasteiger partial charge in [0.2, 0.25) is 5.91 Å². The lowest BCUT2D eigenvalue weighted by molar-refractivity contribution is -0.120. The molecule has 0 saturated carbocycles. The molecule has 0 aromatic carbocycles. The second kappa shape index (κ2) is 5.95. The van der Waals surface area contributed by atoms with E-state index in [-0.39, 0.29) is 30.2 Å². The van der Waals surface area contributed by atoms with Gasteiger partial charge in [0.05, 0.1) is 12.8 Å². The third kappa shape index (κ3) is 3.76. The minimum absolute atomic E-state index is 0.0378. The third-order valence-corrected chi connectivity index (χ3v) is 2.17. The fourth-order valence-corrected chi connectivity index (χ4v) is 1.08. The van der Waals surface area contributed by atoms with Gasteiger partial charge in [0.25, 0.3) is 5.91 Å². The second-order valence-electron chi connectivity index (χ2n) is 3.54. The largest absolute Gasteiger partial charge is 0.459 e. The lowest BCUT2D eigenvalue weighted by atomic mass is 10.2. The first-order valence-corrected chi connectivity index (χ1v) is 5.24. The van der Waals surface area contributed by atoms with Crippen molar-refractivity contribution in [1.82, 2.24) is 10.6 Å². The molecule has 0 aliphatic rings. The molecule has 88 valence electrons. The molecule has 1 atom stereocenters. The summed E-state index contributed by atoms with van der Waals surface area (Å²) in [7, 11) is 0. The van der Waals surface area contributed by atoms with Crippen LogP contribution < -0.4 is 10.6 Å². The lowest BCUT2D eigenvalue weighted by Crippen LogP contribution is -2.40. The summed E-state index contributed by atoms with van der Waals surface area (Å²) in [6.45, 7) is 3.85. The van der Waals surface area contributed by atoms with Gasteiger partial charge >= 0.3 is 0 Å². The maximum atomic E-state index is 11.4. The maximum absolute atomic E-state index is 11.4. The number of hydrogen-bond donors (Lipinski definition) is 2. The molecule has 0 radical (unpaired) electrons. The van der Waals surface area contributed by atoms with E-state index >= 15 is 0 Å². The van der Waals surface area contributed by atoms with Crippen molar-refractivity contribution >= 4 is 11.8 Å². The molecule has 1 heterocycles. The molecule has 0 aliphatic carbocycles. The summed E-state index contributed by atoms with van der Waals surface area (Å²) in [6, 6.07) is 3.28. The van der Waals surface area contributed by atoms with Crippen molar-refractivity contribution in [2.45, 2.75) is 26.3 Å². The Labute approximate surface area is 94.2 Å². The molecule has 0 saturated heterocycles. The Morgan fingerprint density at radius 3 is 2.81 bits per heavy atom. The van der Waals surface area contributed by atoms with Gasteiger partial charge in [-0.15, -0.1) is 0 Å². The Kier molecular flexibility index (Phi) is 4.57. The topological polar surface area (TPSA) is 71.3 Å². The summed E-state index contributed by atoms with van der Waals surface area (Å²) >= 11 is 0. The van der Waals surface area contributed by atoms with Crippen LogP contribution in [0.5, 0.6) is 0 Å². The number of amides is 2. The summed E-state index contributed by atoms with van der Waals surface area (Å²) in [5, 5.41) is 5.22. The highest BCUT2D eigenvalue weighted by Crippen LogP contribution is 1.98. The zero-order chi connectivity index (χ0) is 12.0. The average molecular weight is 224 g/mol. The van der Waals surface area contributed by atoms with Crippen LogP contribution in [-0.4, -0.2) is 24.4 Å². The molecule has 0 fully saturated rings. The van der Waals surface area contributed by atoms with Crippen molar-refractivity contribution in [3.8, 4) is 0 Å². The van der Waals surface area contributed by atoms with Crippen LogP contribution in [0.4, 0.5) is 0 Å². The molecule has 1 aromatic heterocycles. The Balaban J connectivity index is 2.29. The first-order valence-electron chi connectivity index (χ1n) is 5.24. The van der Waals surface area contributed by atoms with Gasteiger partial charge < -0.3 is 15.1 Å². The van der Waals surface area contributed by atoms with E-state index in [1.54, 1.807) is 12.1 Å². The fourth-order valence-electron chi connectivity index (χ4n) is 1.08. The quantitative estimate of drug-likeness (QED) is 0.781. The minimum Gasteiger partial charge on any atom is -0.459 e. The lowest BCUT2D eigenvalue weighted by Gasteiger charge is -2.11. The van der Waals surface area contributed by atoms with E-state index < -0.39 is 0 Å². The number of nitrogens with one attached hydrogen (secondary N) is 2. The highest BCUT2D eigenvalue weighted by atomic mass is 16.3. The van der Waals surface area contributed by atoms with Crippen molar-refractivity contribution in [1.29, 1.82) is 0 Å². The second-order valence-corrected chi connectivity index (χ2v) is 3.54. The summed E-state index contributed by atoms with van der Waals surface area (Å²) in [6.07, 6.45) is 2.27. The van der Waals surface area contributed by atoms with Gasteiger partial charge in [-0.2, -0.15) is 0 Å². The summed E-state index contributed by atoms with van der Waals surface area (Å²) in [5.41, 5.74) is 0. The van der Waals surface area contributed by atoms with E-state index in [1.165, 1.54) is 6.26 Å². The summed E-state index contributed by atoms with van der Waals surface area (Å²) in [5.74, 6) is -0.380. The molecular weight excluding hydrogens is 208 g/mol. The normalized spacial score (nSPS) is 11.9. The van der Waals surface area contributed by atoms with Crippen LogP contribution in [0.15, 0.2) is 22.8 Å². The number of carbonyl (C=O) groups excluding carboxylic acids is 2. The Hall–Kier alpha value is -1.78. The number of furan rings is 1. The third-order valence-electron chi connectivity index (χ3n) is 2.17. The number of carbonyl (C=O) groups is 2. The average Bonchev–Trinajstić information content (AvgIpc) is 2.79. The molecule has 1 unspecified atom stereocenters. The number of hydrogen-bond acceptors (Lipinski definition) is 3. The maximum Gasteiger partial charge on any atom is 0.287 e. The highest BCUT2D eigenvalue weighted by Gasteiger charge is 2.10. The van der Waals surface area contributed by atoms with E-state index in [4.69, 9.17) is 4.42 Å². The predicted molar refractivity (Wildman–Crippen MR) is 58.9 cm³/mol. The predicted octanol–water partition coefficient (Wildman–Crippen LogP) is 0.924. The van der Waals surface area contributed by atoms with Crippen LogP contribution in [0.3, 0.4) is 0 Å². The van der Waals surface area contributed by atoms with Crippen LogP contribution in [0.1, 0.15) is 30.8 Å². The molecule has 2 N–H and O–H groups in total. The van der Waals surface area contributed by atoms with Crippen molar-refractivity contribution in [2.75, 3.05) is 6.54 Å². The van der Waals surface area contributed by atoms with Crippen LogP contribution in [0.25, 0.3) is 0 Å². The fraction of sp³-hybridized carbons (Fsp3) is 0.455. The van der Waals surface area contributed by atoms with E-state index in [0.717, 1.165) is 6.42 Å². The Morgan fingerprint density at radius 2 is 2.25 bits per heavy atom. The summed E-state index contributed by atoms with van der Waals surface area (Å²) < 4.78 is 4.89. The van der Waals surface area contributed by atoms with Gasteiger partial charge in [-0.3, -0.25) is 9.59 Å². The SMILES string of the molecule is CCC(C)NC(=O)CNC(=O)c1ccco1. The van der Waals surface area contributed by atoms with Crippen LogP contribution >= 0.6 is 0 Å². The minimum atomic E-state index is -0.385. The molecule has 1 aromatic rings. The van der Waals surface area contributed by atoms with Gasteiger partial charge in [-0.05, 0) is 25.5 Å². The molecule has 0 bridgehead atoms. The molecule has 1 rings (SSSR count). The molecule has 2 amide bonds. The van der Waals surface area contributed by atoms with E-state index in [9.17, 15) is 9.59 Å². The van der Waals surface area contributed by atoms with Gasteiger partial charge in [0.15, 0.2) is 5.76 Å². The Morgan fingerprint density at radius 1 is 1.50 bits per heavy atom. The van der Waals surface area contributed by atoms with Gasteiger partial charge in [-0.1, -0.05) is 6.92 Å². The first kappa shape index (κ1) is 12.3. The molecule has 5 heteroatoms. The Bertz CT molecular complexity index is 346. The van der Waals surface area contributed by atoms with Crippen LogP contribution in [-0.2, 0) is 4.79 Å². The molecule has 5 nitrogen and oxygen atoms in total. The number of rotatable bonds is 5. The van der Waals surface area contributed by atoms with E-state index in [1.807, 2.05) is 13.8 Å². The van der Waals surface area contributed by atoms with Crippen LogP contribution in [0.2, 0.25) is 0 Å². The van der Waals surface area contributed by atoms with Crippen molar-refractivity contribution in [2.24, 2.45) is 0 Å². The van der Waals surface area contributed by atoms with E-state index in [2.05, 4.69) is 10.6 Å². The summed E-state index contributed by atoms with van der Waals surface area (Å²) in [4.78, 5) is 22.7. The zero-order valence-corrected chi connectivity index (χ0v) is 9.45. The first-order chi connectivity index (χ1) is 7.63. The molecular formula is C11H16N2O3. The molecule has 0 aliphatic heterocycles. The highest BCUT2D eigenvalue weighted by molar-refractivity contribution is 5.94. The van der Waals surface area contributed by atoms with Gasteiger partial charge in [-0.25, -0.2) is 0 Å². The van der Waals surface area contributed by atoms with Crippen molar-refractivity contribution < 1.29 is 14.0 Å². The standard InChI is InChI=1S/C11H16N2O3/c1-3-8(2)13-10(14)7-12-11(15)9-5-4-6-16-9/h4-6,8H,3,7H2,1-2H3,(H,12,15)(H,13,14). The zero-order valence-electron chi connectivity index (χ0n) is 9.45. The van der Waals surface area contributed by atoms with Gasteiger partial charge in [0, 0.05) is 6.04 Å². The van der Waals surface area contributed by atoms with Gasteiger partial charge in [0.1, 0.15) is 0 Å². The van der Waals surface area contributed by atoms with Crippen molar-refractivity contribution in [3.63, 3.8) is 0 Å². The van der Waals surface area contributed by atoms with Crippen LogP contribution in [0, 0.1) is 0 Å². The molecule has 16 heavy (non-hydrogen) atoms. The van der Waals surface area contributed by atoms with Crippen molar-refractivity contribution in [3.05, 3.63) is 24.2 Å². The monoisotopic (exact) mass is 224 g/mol. The smallest absolute Gasteiger partial charge is 0.287 e. The van der Waals surface area contributed by atoms with E-state index in [0.29, 0.717) is 0 Å². The molecule has 0 spiro atoms.